The number of aryl methyl sites for hydroxylation is 2. The van der Waals surface area contributed by atoms with Crippen molar-refractivity contribution in [3.8, 4) is 11.5 Å². The predicted octanol–water partition coefficient (Wildman–Crippen LogP) is 4.66. The van der Waals surface area contributed by atoms with Gasteiger partial charge in [0.15, 0.2) is 0 Å². The topological polar surface area (TPSA) is 35.5 Å². The molecule has 0 spiro atoms. The minimum atomic E-state index is -0.190. The fourth-order valence-corrected chi connectivity index (χ4v) is 2.25. The Labute approximate surface area is 133 Å². The smallest absolute Gasteiger partial charge is 0.305 e. The number of methoxy groups -OCH3 is 1. The number of carbonyl (C=O) groups is 1. The van der Waals surface area contributed by atoms with Crippen LogP contribution in [-0.2, 0) is 16.0 Å². The van der Waals surface area contributed by atoms with Gasteiger partial charge in [-0.25, -0.2) is 0 Å². The molecule has 110 valence electrons. The van der Waals surface area contributed by atoms with Crippen LogP contribution < -0.4 is 4.74 Å². The molecule has 0 aliphatic carbocycles. The first-order valence-corrected chi connectivity index (χ1v) is 7.47. The Bertz CT molecular complexity index is 620. The van der Waals surface area contributed by atoms with E-state index < -0.39 is 0 Å². The minimum absolute atomic E-state index is 0.190. The Morgan fingerprint density at radius 1 is 1.10 bits per heavy atom. The predicted molar refractivity (Wildman–Crippen MR) is 85.7 cm³/mol. The monoisotopic (exact) mass is 348 g/mol. The van der Waals surface area contributed by atoms with Crippen LogP contribution in [0.1, 0.15) is 17.5 Å². The van der Waals surface area contributed by atoms with Crippen molar-refractivity contribution < 1.29 is 14.3 Å². The van der Waals surface area contributed by atoms with E-state index in [0.29, 0.717) is 12.8 Å². The summed E-state index contributed by atoms with van der Waals surface area (Å²) in [5, 5.41) is 0. The molecule has 3 nitrogen and oxygen atoms in total. The van der Waals surface area contributed by atoms with Gasteiger partial charge in [-0.2, -0.15) is 0 Å². The number of hydrogen-bond acceptors (Lipinski definition) is 3. The largest absolute Gasteiger partial charge is 0.469 e. The van der Waals surface area contributed by atoms with Gasteiger partial charge in [0.2, 0.25) is 0 Å². The molecule has 0 heterocycles. The zero-order valence-corrected chi connectivity index (χ0v) is 13.6. The summed E-state index contributed by atoms with van der Waals surface area (Å²) < 4.78 is 11.5. The zero-order valence-electron chi connectivity index (χ0n) is 12.1. The first-order valence-electron chi connectivity index (χ1n) is 6.68. The molecule has 0 aromatic heterocycles. The Hall–Kier alpha value is -1.81. The second-order valence-corrected chi connectivity index (χ2v) is 5.64. The Morgan fingerprint density at radius 2 is 1.76 bits per heavy atom. The van der Waals surface area contributed by atoms with Gasteiger partial charge >= 0.3 is 5.97 Å². The highest BCUT2D eigenvalue weighted by atomic mass is 79.9. The highest BCUT2D eigenvalue weighted by molar-refractivity contribution is 9.10. The van der Waals surface area contributed by atoms with Crippen molar-refractivity contribution in [2.45, 2.75) is 19.8 Å². The van der Waals surface area contributed by atoms with Crippen molar-refractivity contribution in [3.63, 3.8) is 0 Å². The fourth-order valence-electron chi connectivity index (χ4n) is 1.99. The van der Waals surface area contributed by atoms with Gasteiger partial charge in [-0.05, 0) is 60.9 Å². The third kappa shape index (κ3) is 4.60. The number of halogens is 1. The molecule has 0 saturated carbocycles. The van der Waals surface area contributed by atoms with E-state index in [0.717, 1.165) is 27.1 Å². The van der Waals surface area contributed by atoms with Crippen LogP contribution in [0.2, 0.25) is 0 Å². The molecule has 0 aliphatic heterocycles. The molecule has 0 amide bonds. The average Bonchev–Trinajstić information content (AvgIpc) is 2.48. The first-order chi connectivity index (χ1) is 10.1. The normalized spacial score (nSPS) is 10.2. The maximum Gasteiger partial charge on any atom is 0.305 e. The summed E-state index contributed by atoms with van der Waals surface area (Å²) in [5.74, 6) is 1.39. The van der Waals surface area contributed by atoms with Crippen molar-refractivity contribution in [1.29, 1.82) is 0 Å². The fraction of sp³-hybridized carbons (Fsp3) is 0.235. The molecule has 0 N–H and O–H groups in total. The van der Waals surface area contributed by atoms with Crippen LogP contribution in [0.15, 0.2) is 46.9 Å². The van der Waals surface area contributed by atoms with Gasteiger partial charge in [0.05, 0.1) is 7.11 Å². The summed E-state index contributed by atoms with van der Waals surface area (Å²) in [6.45, 7) is 2.01. The molecular formula is C17H17BrO3. The second kappa shape index (κ2) is 7.27. The average molecular weight is 349 g/mol. The Morgan fingerprint density at radius 3 is 2.38 bits per heavy atom. The lowest BCUT2D eigenvalue weighted by Gasteiger charge is -2.10. The van der Waals surface area contributed by atoms with Gasteiger partial charge in [-0.3, -0.25) is 4.79 Å². The molecular weight excluding hydrogens is 332 g/mol. The molecule has 0 fully saturated rings. The lowest BCUT2D eigenvalue weighted by Crippen LogP contribution is -2.02. The van der Waals surface area contributed by atoms with Gasteiger partial charge < -0.3 is 9.47 Å². The van der Waals surface area contributed by atoms with E-state index >= 15 is 0 Å². The second-order valence-electron chi connectivity index (χ2n) is 4.72. The third-order valence-electron chi connectivity index (χ3n) is 3.19. The SMILES string of the molecule is COC(=O)CCc1ccc(Oc2ccc(Br)cc2)cc1C. The van der Waals surface area contributed by atoms with Crippen molar-refractivity contribution in [3.05, 3.63) is 58.1 Å². The number of rotatable bonds is 5. The highest BCUT2D eigenvalue weighted by Crippen LogP contribution is 2.25. The van der Waals surface area contributed by atoms with E-state index in [9.17, 15) is 4.79 Å². The maximum atomic E-state index is 11.2. The van der Waals surface area contributed by atoms with Gasteiger partial charge in [0.25, 0.3) is 0 Å². The van der Waals surface area contributed by atoms with Crippen molar-refractivity contribution in [2.75, 3.05) is 7.11 Å². The van der Waals surface area contributed by atoms with E-state index in [1.165, 1.54) is 7.11 Å². The summed E-state index contributed by atoms with van der Waals surface area (Å²) in [7, 11) is 1.41. The molecule has 0 radical (unpaired) electrons. The summed E-state index contributed by atoms with van der Waals surface area (Å²) in [4.78, 5) is 11.2. The standard InChI is InChI=1S/C17H17BrO3/c1-12-11-16(21-15-8-5-14(18)6-9-15)7-3-13(12)4-10-17(19)20-2/h3,5-9,11H,4,10H2,1-2H3. The quantitative estimate of drug-likeness (QED) is 0.737. The number of hydrogen-bond donors (Lipinski definition) is 0. The molecule has 0 bridgehead atoms. The molecule has 4 heteroatoms. The molecule has 2 aromatic carbocycles. The molecule has 21 heavy (non-hydrogen) atoms. The van der Waals surface area contributed by atoms with Crippen LogP contribution in [0.4, 0.5) is 0 Å². The van der Waals surface area contributed by atoms with Crippen LogP contribution in [0.5, 0.6) is 11.5 Å². The van der Waals surface area contributed by atoms with Gasteiger partial charge in [0, 0.05) is 10.9 Å². The number of benzene rings is 2. The van der Waals surface area contributed by atoms with E-state index in [2.05, 4.69) is 20.7 Å². The summed E-state index contributed by atoms with van der Waals surface area (Å²) in [6.07, 6.45) is 1.07. The maximum absolute atomic E-state index is 11.2. The van der Waals surface area contributed by atoms with Crippen molar-refractivity contribution in [2.24, 2.45) is 0 Å². The Kier molecular flexibility index (Phi) is 5.39. The summed E-state index contributed by atoms with van der Waals surface area (Å²) in [6, 6.07) is 13.6. The van der Waals surface area contributed by atoms with Crippen LogP contribution >= 0.6 is 15.9 Å². The first kappa shape index (κ1) is 15.6. The number of esters is 1. The van der Waals surface area contributed by atoms with Crippen LogP contribution in [0, 0.1) is 6.92 Å². The van der Waals surface area contributed by atoms with E-state index in [1.54, 1.807) is 0 Å². The summed E-state index contributed by atoms with van der Waals surface area (Å²) >= 11 is 3.39. The lowest BCUT2D eigenvalue weighted by molar-refractivity contribution is -0.140. The van der Waals surface area contributed by atoms with Crippen LogP contribution in [-0.4, -0.2) is 13.1 Å². The lowest BCUT2D eigenvalue weighted by atomic mass is 10.0. The van der Waals surface area contributed by atoms with E-state index in [4.69, 9.17) is 4.74 Å². The number of ether oxygens (including phenoxy) is 2. The van der Waals surface area contributed by atoms with E-state index in [1.807, 2.05) is 49.4 Å². The highest BCUT2D eigenvalue weighted by Gasteiger charge is 2.06. The van der Waals surface area contributed by atoms with Gasteiger partial charge in [-0.1, -0.05) is 22.0 Å². The molecule has 2 rings (SSSR count). The van der Waals surface area contributed by atoms with Gasteiger partial charge in [0.1, 0.15) is 11.5 Å². The molecule has 0 saturated heterocycles. The zero-order chi connectivity index (χ0) is 15.2. The number of carbonyl (C=O) groups excluding carboxylic acids is 1. The van der Waals surface area contributed by atoms with Crippen molar-refractivity contribution in [1.82, 2.24) is 0 Å². The molecule has 0 aliphatic rings. The minimum Gasteiger partial charge on any atom is -0.469 e. The van der Waals surface area contributed by atoms with Crippen molar-refractivity contribution >= 4 is 21.9 Å². The third-order valence-corrected chi connectivity index (χ3v) is 3.72. The van der Waals surface area contributed by atoms with Crippen LogP contribution in [0.3, 0.4) is 0 Å². The Balaban J connectivity index is 2.04. The molecule has 0 atom stereocenters. The molecule has 0 unspecified atom stereocenters. The van der Waals surface area contributed by atoms with Gasteiger partial charge in [-0.15, -0.1) is 0 Å². The van der Waals surface area contributed by atoms with E-state index in [-0.39, 0.29) is 5.97 Å². The van der Waals surface area contributed by atoms with Crippen LogP contribution in [0.25, 0.3) is 0 Å². The molecule has 2 aromatic rings. The summed E-state index contributed by atoms with van der Waals surface area (Å²) in [5.41, 5.74) is 2.23.